The summed E-state index contributed by atoms with van der Waals surface area (Å²) in [5.74, 6) is 6.29. The molecule has 1 aromatic rings. The fourth-order valence-corrected chi connectivity index (χ4v) is 2.42. The van der Waals surface area contributed by atoms with Gasteiger partial charge in [0.1, 0.15) is 0 Å². The van der Waals surface area contributed by atoms with E-state index in [4.69, 9.17) is 0 Å². The zero-order valence-corrected chi connectivity index (χ0v) is 10.5. The van der Waals surface area contributed by atoms with Gasteiger partial charge < -0.3 is 5.11 Å². The molecule has 0 aromatic heterocycles. The second-order valence-corrected chi connectivity index (χ2v) is 5.13. The van der Waals surface area contributed by atoms with Crippen molar-refractivity contribution in [3.63, 3.8) is 0 Å². The molecule has 2 rings (SSSR count). The Hall–Kier alpha value is -1.26. The highest BCUT2D eigenvalue weighted by atomic mass is 16.3. The zero-order valence-electron chi connectivity index (χ0n) is 10.5. The van der Waals surface area contributed by atoms with Crippen molar-refractivity contribution in [2.45, 2.75) is 51.0 Å². The molecule has 1 nitrogen and oxygen atoms in total. The summed E-state index contributed by atoms with van der Waals surface area (Å²) in [4.78, 5) is 0. The van der Waals surface area contributed by atoms with E-state index in [1.807, 2.05) is 12.1 Å². The Morgan fingerprint density at radius 2 is 2.00 bits per heavy atom. The Morgan fingerprint density at radius 3 is 2.71 bits per heavy atom. The van der Waals surface area contributed by atoms with Crippen molar-refractivity contribution >= 4 is 0 Å². The maximum absolute atomic E-state index is 10.3. The fourth-order valence-electron chi connectivity index (χ4n) is 2.42. The van der Waals surface area contributed by atoms with Crippen LogP contribution in [0.25, 0.3) is 0 Å². The van der Waals surface area contributed by atoms with Crippen molar-refractivity contribution in [3.05, 3.63) is 35.4 Å². The van der Waals surface area contributed by atoms with Crippen molar-refractivity contribution in [1.82, 2.24) is 0 Å². The van der Waals surface area contributed by atoms with Gasteiger partial charge >= 0.3 is 0 Å². The SMILES string of the molecule is Cc1cccc(C#CCC2(O)CCCCC2)c1. The molecule has 90 valence electrons. The number of hydrogen-bond acceptors (Lipinski definition) is 1. The molecule has 1 N–H and O–H groups in total. The highest BCUT2D eigenvalue weighted by molar-refractivity contribution is 5.36. The summed E-state index contributed by atoms with van der Waals surface area (Å²) < 4.78 is 0. The Labute approximate surface area is 104 Å². The summed E-state index contributed by atoms with van der Waals surface area (Å²) in [6, 6.07) is 8.19. The average molecular weight is 228 g/mol. The van der Waals surface area contributed by atoms with Crippen molar-refractivity contribution in [1.29, 1.82) is 0 Å². The van der Waals surface area contributed by atoms with Crippen LogP contribution in [0.1, 0.15) is 49.7 Å². The molecule has 1 heteroatoms. The van der Waals surface area contributed by atoms with E-state index < -0.39 is 5.60 Å². The van der Waals surface area contributed by atoms with E-state index in [0.717, 1.165) is 31.2 Å². The number of aliphatic hydroxyl groups is 1. The van der Waals surface area contributed by atoms with E-state index in [-0.39, 0.29) is 0 Å². The number of rotatable bonds is 1. The molecule has 1 saturated carbocycles. The summed E-state index contributed by atoms with van der Waals surface area (Å²) in [5.41, 5.74) is 1.76. The quantitative estimate of drug-likeness (QED) is 0.730. The topological polar surface area (TPSA) is 20.2 Å². The molecular weight excluding hydrogens is 208 g/mol. The molecule has 0 radical (unpaired) electrons. The number of aryl methyl sites for hydroxylation is 1. The van der Waals surface area contributed by atoms with Crippen molar-refractivity contribution < 1.29 is 5.11 Å². The normalized spacial score (nSPS) is 18.2. The van der Waals surface area contributed by atoms with Crippen LogP contribution in [0.5, 0.6) is 0 Å². The van der Waals surface area contributed by atoms with Gasteiger partial charge in [-0.3, -0.25) is 0 Å². The third kappa shape index (κ3) is 3.61. The van der Waals surface area contributed by atoms with Gasteiger partial charge in [0.2, 0.25) is 0 Å². The molecule has 0 aliphatic heterocycles. The van der Waals surface area contributed by atoms with Gasteiger partial charge in [0.25, 0.3) is 0 Å². The highest BCUT2D eigenvalue weighted by Gasteiger charge is 2.27. The molecule has 0 saturated heterocycles. The molecular formula is C16H20O. The smallest absolute Gasteiger partial charge is 0.0756 e. The molecule has 0 amide bonds. The van der Waals surface area contributed by atoms with Gasteiger partial charge in [-0.05, 0) is 37.5 Å². The molecule has 0 atom stereocenters. The van der Waals surface area contributed by atoms with Gasteiger partial charge in [-0.2, -0.15) is 0 Å². The van der Waals surface area contributed by atoms with Gasteiger partial charge in [0.05, 0.1) is 5.60 Å². The predicted octanol–water partition coefficient (Wildman–Crippen LogP) is 3.43. The largest absolute Gasteiger partial charge is 0.389 e. The van der Waals surface area contributed by atoms with Crippen LogP contribution in [0.4, 0.5) is 0 Å². The maximum atomic E-state index is 10.3. The van der Waals surface area contributed by atoms with Gasteiger partial charge in [-0.15, -0.1) is 0 Å². The summed E-state index contributed by atoms with van der Waals surface area (Å²) in [5, 5.41) is 10.3. The first kappa shape index (κ1) is 12.2. The van der Waals surface area contributed by atoms with E-state index in [2.05, 4.69) is 30.9 Å². The van der Waals surface area contributed by atoms with E-state index in [0.29, 0.717) is 6.42 Å². The fraction of sp³-hybridized carbons (Fsp3) is 0.500. The first-order valence-corrected chi connectivity index (χ1v) is 6.46. The Kier molecular flexibility index (Phi) is 3.86. The minimum atomic E-state index is -0.519. The predicted molar refractivity (Wildman–Crippen MR) is 70.7 cm³/mol. The van der Waals surface area contributed by atoms with Crippen LogP contribution in [-0.4, -0.2) is 10.7 Å². The highest BCUT2D eigenvalue weighted by Crippen LogP contribution is 2.30. The molecule has 17 heavy (non-hydrogen) atoms. The molecule has 1 aliphatic carbocycles. The minimum Gasteiger partial charge on any atom is -0.389 e. The Balaban J connectivity index is 1.98. The number of hydrogen-bond donors (Lipinski definition) is 1. The lowest BCUT2D eigenvalue weighted by Gasteiger charge is -2.30. The van der Waals surface area contributed by atoms with Crippen LogP contribution in [0.2, 0.25) is 0 Å². The van der Waals surface area contributed by atoms with Gasteiger partial charge in [0.15, 0.2) is 0 Å². The van der Waals surface area contributed by atoms with Crippen LogP contribution in [0, 0.1) is 18.8 Å². The van der Waals surface area contributed by atoms with E-state index in [1.54, 1.807) is 0 Å². The van der Waals surface area contributed by atoms with Crippen LogP contribution >= 0.6 is 0 Å². The zero-order chi connectivity index (χ0) is 12.1. The molecule has 0 heterocycles. The van der Waals surface area contributed by atoms with Gasteiger partial charge in [-0.25, -0.2) is 0 Å². The lowest BCUT2D eigenvalue weighted by Crippen LogP contribution is -2.30. The van der Waals surface area contributed by atoms with Crippen LogP contribution in [0.3, 0.4) is 0 Å². The standard InChI is InChI=1S/C16H20O/c1-14-7-5-8-15(13-14)9-6-12-16(17)10-3-2-4-11-16/h5,7-8,13,17H,2-4,10-12H2,1H3. The van der Waals surface area contributed by atoms with Crippen molar-refractivity contribution in [3.8, 4) is 11.8 Å². The lowest BCUT2D eigenvalue weighted by molar-refractivity contribution is 0.00895. The summed E-state index contributed by atoms with van der Waals surface area (Å²) in [7, 11) is 0. The van der Waals surface area contributed by atoms with E-state index in [1.165, 1.54) is 12.0 Å². The minimum absolute atomic E-state index is 0.519. The van der Waals surface area contributed by atoms with Gasteiger partial charge in [-0.1, -0.05) is 43.2 Å². The molecule has 0 bridgehead atoms. The Morgan fingerprint density at radius 1 is 1.24 bits per heavy atom. The van der Waals surface area contributed by atoms with Crippen LogP contribution in [-0.2, 0) is 0 Å². The first-order valence-electron chi connectivity index (χ1n) is 6.46. The monoisotopic (exact) mass is 228 g/mol. The summed E-state index contributed by atoms with van der Waals surface area (Å²) >= 11 is 0. The first-order chi connectivity index (χ1) is 8.18. The summed E-state index contributed by atoms with van der Waals surface area (Å²) in [6.07, 6.45) is 5.98. The van der Waals surface area contributed by atoms with Gasteiger partial charge in [0, 0.05) is 12.0 Å². The third-order valence-electron chi connectivity index (χ3n) is 3.45. The van der Waals surface area contributed by atoms with Crippen LogP contribution in [0.15, 0.2) is 24.3 Å². The Bertz CT molecular complexity index is 430. The van der Waals surface area contributed by atoms with Crippen molar-refractivity contribution in [2.24, 2.45) is 0 Å². The third-order valence-corrected chi connectivity index (χ3v) is 3.45. The molecule has 1 aliphatic rings. The second kappa shape index (κ2) is 5.38. The molecule has 1 aromatic carbocycles. The molecule has 0 spiro atoms. The van der Waals surface area contributed by atoms with Crippen LogP contribution < -0.4 is 0 Å². The van der Waals surface area contributed by atoms with E-state index >= 15 is 0 Å². The maximum Gasteiger partial charge on any atom is 0.0756 e. The lowest BCUT2D eigenvalue weighted by atomic mass is 9.83. The summed E-state index contributed by atoms with van der Waals surface area (Å²) in [6.45, 7) is 2.07. The second-order valence-electron chi connectivity index (χ2n) is 5.13. The number of benzene rings is 1. The average Bonchev–Trinajstić information content (AvgIpc) is 2.30. The van der Waals surface area contributed by atoms with Crippen molar-refractivity contribution in [2.75, 3.05) is 0 Å². The van der Waals surface area contributed by atoms with E-state index in [9.17, 15) is 5.11 Å². The molecule has 1 fully saturated rings. The molecule has 0 unspecified atom stereocenters.